The van der Waals surface area contributed by atoms with Gasteiger partial charge in [0.15, 0.2) is 0 Å². The molecule has 0 bridgehead atoms. The van der Waals surface area contributed by atoms with Gasteiger partial charge in [-0.1, -0.05) is 17.7 Å². The second kappa shape index (κ2) is 7.60. The SMILES string of the molecule is COC(=O)c1ccc(N2CCCC2)c(NC(=O)c2ccc(C)cc2C)c1. The summed E-state index contributed by atoms with van der Waals surface area (Å²) in [7, 11) is 1.35. The molecule has 1 heterocycles. The molecule has 0 radical (unpaired) electrons. The van der Waals surface area contributed by atoms with Crippen LogP contribution in [0.25, 0.3) is 0 Å². The molecule has 0 aliphatic carbocycles. The molecule has 3 rings (SSSR count). The first-order valence-corrected chi connectivity index (χ1v) is 8.85. The fourth-order valence-electron chi connectivity index (χ4n) is 3.37. The lowest BCUT2D eigenvalue weighted by Gasteiger charge is -2.22. The molecule has 1 aliphatic heterocycles. The van der Waals surface area contributed by atoms with E-state index >= 15 is 0 Å². The molecule has 136 valence electrons. The Bertz CT molecular complexity index is 839. The highest BCUT2D eigenvalue weighted by atomic mass is 16.5. The maximum atomic E-state index is 12.8. The Labute approximate surface area is 154 Å². The molecule has 1 saturated heterocycles. The third-order valence-corrected chi connectivity index (χ3v) is 4.74. The van der Waals surface area contributed by atoms with E-state index in [1.54, 1.807) is 12.1 Å². The zero-order chi connectivity index (χ0) is 18.7. The molecule has 0 unspecified atom stereocenters. The van der Waals surface area contributed by atoms with Crippen LogP contribution in [0.5, 0.6) is 0 Å². The van der Waals surface area contributed by atoms with E-state index < -0.39 is 5.97 Å². The number of carbonyl (C=O) groups excluding carboxylic acids is 2. The van der Waals surface area contributed by atoms with Gasteiger partial charge in [0.05, 0.1) is 24.0 Å². The minimum Gasteiger partial charge on any atom is -0.465 e. The van der Waals surface area contributed by atoms with E-state index in [1.807, 2.05) is 38.1 Å². The highest BCUT2D eigenvalue weighted by Gasteiger charge is 2.20. The number of amides is 1. The standard InChI is InChI=1S/C21H24N2O3/c1-14-6-8-17(15(2)12-14)20(24)22-18-13-16(21(25)26-3)7-9-19(18)23-10-4-5-11-23/h6-9,12-13H,4-5,10-11H2,1-3H3,(H,22,24). The number of aryl methyl sites for hydroxylation is 2. The molecule has 0 atom stereocenters. The molecule has 26 heavy (non-hydrogen) atoms. The Morgan fingerprint density at radius 3 is 2.42 bits per heavy atom. The average molecular weight is 352 g/mol. The van der Waals surface area contributed by atoms with Crippen LogP contribution in [-0.4, -0.2) is 32.1 Å². The normalized spacial score (nSPS) is 13.6. The van der Waals surface area contributed by atoms with Crippen LogP contribution >= 0.6 is 0 Å². The van der Waals surface area contributed by atoms with Crippen LogP contribution in [0, 0.1) is 13.8 Å². The summed E-state index contributed by atoms with van der Waals surface area (Å²) < 4.78 is 4.81. The van der Waals surface area contributed by atoms with Gasteiger partial charge in [-0.15, -0.1) is 0 Å². The maximum absolute atomic E-state index is 12.8. The number of esters is 1. The van der Waals surface area contributed by atoms with Crippen LogP contribution in [0.4, 0.5) is 11.4 Å². The summed E-state index contributed by atoms with van der Waals surface area (Å²) in [5, 5.41) is 2.99. The van der Waals surface area contributed by atoms with Crippen molar-refractivity contribution in [2.45, 2.75) is 26.7 Å². The largest absolute Gasteiger partial charge is 0.465 e. The Morgan fingerprint density at radius 2 is 1.77 bits per heavy atom. The summed E-state index contributed by atoms with van der Waals surface area (Å²) in [6, 6.07) is 11.1. The Morgan fingerprint density at radius 1 is 1.04 bits per heavy atom. The lowest BCUT2D eigenvalue weighted by atomic mass is 10.0. The van der Waals surface area contributed by atoms with Crippen molar-refractivity contribution in [3.8, 4) is 0 Å². The number of anilines is 2. The molecule has 1 amide bonds. The zero-order valence-electron chi connectivity index (χ0n) is 15.5. The Hall–Kier alpha value is -2.82. The lowest BCUT2D eigenvalue weighted by Crippen LogP contribution is -2.22. The summed E-state index contributed by atoms with van der Waals surface area (Å²) in [4.78, 5) is 27.0. The van der Waals surface area contributed by atoms with E-state index in [0.717, 1.165) is 42.7 Å². The predicted molar refractivity (Wildman–Crippen MR) is 103 cm³/mol. The van der Waals surface area contributed by atoms with Crippen molar-refractivity contribution in [3.63, 3.8) is 0 Å². The number of carbonyl (C=O) groups is 2. The minimum absolute atomic E-state index is 0.176. The number of benzene rings is 2. The fraction of sp³-hybridized carbons (Fsp3) is 0.333. The smallest absolute Gasteiger partial charge is 0.337 e. The van der Waals surface area contributed by atoms with E-state index in [9.17, 15) is 9.59 Å². The quantitative estimate of drug-likeness (QED) is 0.847. The Kier molecular flexibility index (Phi) is 5.26. The minimum atomic E-state index is -0.417. The van der Waals surface area contributed by atoms with Gasteiger partial charge in [0.2, 0.25) is 0 Å². The third kappa shape index (κ3) is 3.72. The van der Waals surface area contributed by atoms with Gasteiger partial charge < -0.3 is 15.0 Å². The molecule has 1 N–H and O–H groups in total. The van der Waals surface area contributed by atoms with Crippen LogP contribution in [0.1, 0.15) is 44.7 Å². The number of hydrogen-bond acceptors (Lipinski definition) is 4. The van der Waals surface area contributed by atoms with Gasteiger partial charge in [-0.2, -0.15) is 0 Å². The van der Waals surface area contributed by atoms with Crippen molar-refractivity contribution in [2.24, 2.45) is 0 Å². The summed E-state index contributed by atoms with van der Waals surface area (Å²) in [6.07, 6.45) is 2.26. The molecule has 1 aliphatic rings. The molecule has 5 heteroatoms. The number of nitrogens with one attached hydrogen (secondary N) is 1. The van der Waals surface area contributed by atoms with Crippen LogP contribution in [0.2, 0.25) is 0 Å². The van der Waals surface area contributed by atoms with Crippen molar-refractivity contribution in [1.82, 2.24) is 0 Å². The first-order valence-electron chi connectivity index (χ1n) is 8.85. The highest BCUT2D eigenvalue weighted by molar-refractivity contribution is 6.07. The molecular formula is C21H24N2O3. The van der Waals surface area contributed by atoms with E-state index in [0.29, 0.717) is 16.8 Å². The van der Waals surface area contributed by atoms with Crippen molar-refractivity contribution in [3.05, 3.63) is 58.7 Å². The molecular weight excluding hydrogens is 328 g/mol. The number of hydrogen-bond donors (Lipinski definition) is 1. The second-order valence-corrected chi connectivity index (χ2v) is 6.69. The molecule has 0 aromatic heterocycles. The van der Waals surface area contributed by atoms with E-state index in [2.05, 4.69) is 10.2 Å². The first kappa shape index (κ1) is 18.0. The summed E-state index contributed by atoms with van der Waals surface area (Å²) in [5.41, 5.74) is 4.67. The molecule has 0 saturated carbocycles. The van der Waals surface area contributed by atoms with Crippen molar-refractivity contribution in [1.29, 1.82) is 0 Å². The third-order valence-electron chi connectivity index (χ3n) is 4.74. The van der Waals surface area contributed by atoms with Crippen molar-refractivity contribution in [2.75, 3.05) is 30.4 Å². The summed E-state index contributed by atoms with van der Waals surface area (Å²) >= 11 is 0. The summed E-state index contributed by atoms with van der Waals surface area (Å²) in [6.45, 7) is 5.82. The van der Waals surface area contributed by atoms with Crippen molar-refractivity contribution < 1.29 is 14.3 Å². The summed E-state index contributed by atoms with van der Waals surface area (Å²) in [5.74, 6) is -0.593. The average Bonchev–Trinajstić information content (AvgIpc) is 3.15. The maximum Gasteiger partial charge on any atom is 0.337 e. The number of rotatable bonds is 4. The monoisotopic (exact) mass is 352 g/mol. The molecule has 1 fully saturated rings. The predicted octanol–water partition coefficient (Wildman–Crippen LogP) is 3.94. The van der Waals surface area contributed by atoms with Gasteiger partial charge >= 0.3 is 5.97 Å². The lowest BCUT2D eigenvalue weighted by molar-refractivity contribution is 0.0600. The highest BCUT2D eigenvalue weighted by Crippen LogP contribution is 2.31. The molecule has 5 nitrogen and oxygen atoms in total. The Balaban J connectivity index is 1.95. The van der Waals surface area contributed by atoms with Gasteiger partial charge in [-0.25, -0.2) is 4.79 Å². The van der Waals surface area contributed by atoms with E-state index in [-0.39, 0.29) is 5.91 Å². The van der Waals surface area contributed by atoms with Gasteiger partial charge in [-0.05, 0) is 56.5 Å². The van der Waals surface area contributed by atoms with Gasteiger partial charge in [0.1, 0.15) is 0 Å². The van der Waals surface area contributed by atoms with Crippen LogP contribution < -0.4 is 10.2 Å². The van der Waals surface area contributed by atoms with E-state index in [4.69, 9.17) is 4.74 Å². The topological polar surface area (TPSA) is 58.6 Å². The van der Waals surface area contributed by atoms with Gasteiger partial charge in [0.25, 0.3) is 5.91 Å². The fourth-order valence-corrected chi connectivity index (χ4v) is 3.37. The first-order chi connectivity index (χ1) is 12.5. The number of nitrogens with zero attached hydrogens (tertiary/aromatic N) is 1. The molecule has 2 aromatic carbocycles. The zero-order valence-corrected chi connectivity index (χ0v) is 15.5. The van der Waals surface area contributed by atoms with E-state index in [1.165, 1.54) is 7.11 Å². The van der Waals surface area contributed by atoms with Crippen LogP contribution in [0.3, 0.4) is 0 Å². The number of methoxy groups -OCH3 is 1. The molecule has 2 aromatic rings. The number of ether oxygens (including phenoxy) is 1. The van der Waals surface area contributed by atoms with Crippen LogP contribution in [0.15, 0.2) is 36.4 Å². The van der Waals surface area contributed by atoms with Gasteiger partial charge in [-0.3, -0.25) is 4.79 Å². The van der Waals surface area contributed by atoms with Gasteiger partial charge in [0, 0.05) is 18.7 Å². The molecule has 0 spiro atoms. The van der Waals surface area contributed by atoms with Crippen molar-refractivity contribution >= 4 is 23.3 Å². The second-order valence-electron chi connectivity index (χ2n) is 6.69. The van der Waals surface area contributed by atoms with Crippen LogP contribution in [-0.2, 0) is 4.74 Å².